The summed E-state index contributed by atoms with van der Waals surface area (Å²) in [5.74, 6) is -2.97. The van der Waals surface area contributed by atoms with Crippen LogP contribution < -0.4 is 0 Å². The standard InChI is InChI=1S/C17H10ClF2NO3/c18-15(22)14(7-9-5-10(19)8-11(20)6-9)21-16(23)12-3-1-2-4-13(12)17(21)24/h1-6,8,14H,7H2. The number of benzene rings is 2. The van der Waals surface area contributed by atoms with Crippen LogP contribution in [0.1, 0.15) is 26.3 Å². The fourth-order valence-electron chi connectivity index (χ4n) is 2.72. The summed E-state index contributed by atoms with van der Waals surface area (Å²) in [7, 11) is 0. The molecule has 0 saturated carbocycles. The molecule has 0 radical (unpaired) electrons. The Labute approximate surface area is 140 Å². The second-order valence-corrected chi connectivity index (χ2v) is 5.70. The van der Waals surface area contributed by atoms with Crippen LogP contribution in [0.2, 0.25) is 0 Å². The van der Waals surface area contributed by atoms with E-state index >= 15 is 0 Å². The van der Waals surface area contributed by atoms with Crippen LogP contribution in [0.3, 0.4) is 0 Å². The smallest absolute Gasteiger partial charge is 0.262 e. The van der Waals surface area contributed by atoms with E-state index in [1.807, 2.05) is 0 Å². The van der Waals surface area contributed by atoms with Crippen LogP contribution in [-0.2, 0) is 11.2 Å². The number of halogens is 3. The maximum Gasteiger partial charge on any atom is 0.262 e. The first-order chi connectivity index (χ1) is 11.4. The summed E-state index contributed by atoms with van der Waals surface area (Å²) in [5, 5.41) is -0.964. The molecular formula is C17H10ClF2NO3. The summed E-state index contributed by atoms with van der Waals surface area (Å²) in [5.41, 5.74) is 0.440. The Morgan fingerprint density at radius 2 is 1.50 bits per heavy atom. The van der Waals surface area contributed by atoms with Crippen LogP contribution in [-0.4, -0.2) is 28.0 Å². The van der Waals surface area contributed by atoms with Gasteiger partial charge in [-0.2, -0.15) is 0 Å². The molecule has 0 saturated heterocycles. The number of rotatable bonds is 4. The van der Waals surface area contributed by atoms with Crippen molar-refractivity contribution >= 4 is 28.7 Å². The van der Waals surface area contributed by atoms with Gasteiger partial charge in [-0.1, -0.05) is 12.1 Å². The third-order valence-electron chi connectivity index (χ3n) is 3.75. The highest BCUT2D eigenvalue weighted by molar-refractivity contribution is 6.65. The molecule has 3 rings (SSSR count). The van der Waals surface area contributed by atoms with E-state index in [9.17, 15) is 23.2 Å². The number of fused-ring (bicyclic) bond motifs is 1. The van der Waals surface area contributed by atoms with Crippen molar-refractivity contribution in [2.24, 2.45) is 0 Å². The monoisotopic (exact) mass is 349 g/mol. The molecule has 2 aromatic carbocycles. The van der Waals surface area contributed by atoms with Crippen molar-refractivity contribution in [3.05, 3.63) is 70.8 Å². The van der Waals surface area contributed by atoms with Crippen molar-refractivity contribution in [2.45, 2.75) is 12.5 Å². The van der Waals surface area contributed by atoms with Crippen molar-refractivity contribution in [2.75, 3.05) is 0 Å². The van der Waals surface area contributed by atoms with Gasteiger partial charge in [-0.25, -0.2) is 8.78 Å². The molecule has 0 fully saturated rings. The van der Waals surface area contributed by atoms with Gasteiger partial charge in [-0.05, 0) is 41.4 Å². The lowest BCUT2D eigenvalue weighted by molar-refractivity contribution is -0.115. The van der Waals surface area contributed by atoms with Gasteiger partial charge in [0.15, 0.2) is 0 Å². The van der Waals surface area contributed by atoms with Gasteiger partial charge in [-0.3, -0.25) is 19.3 Å². The van der Waals surface area contributed by atoms with Gasteiger partial charge in [0.2, 0.25) is 5.24 Å². The number of carbonyl (C=O) groups excluding carboxylic acids is 3. The summed E-state index contributed by atoms with van der Waals surface area (Å²) in [6.07, 6.45) is -0.275. The normalized spacial score (nSPS) is 14.7. The van der Waals surface area contributed by atoms with Gasteiger partial charge in [0.05, 0.1) is 11.1 Å². The van der Waals surface area contributed by atoms with E-state index in [-0.39, 0.29) is 23.1 Å². The Morgan fingerprint density at radius 3 is 1.96 bits per heavy atom. The minimum atomic E-state index is -1.35. The van der Waals surface area contributed by atoms with E-state index in [4.69, 9.17) is 11.6 Å². The average Bonchev–Trinajstić information content (AvgIpc) is 2.76. The van der Waals surface area contributed by atoms with E-state index < -0.39 is 34.7 Å². The van der Waals surface area contributed by atoms with Crippen LogP contribution in [0, 0.1) is 11.6 Å². The maximum absolute atomic E-state index is 13.3. The van der Waals surface area contributed by atoms with Gasteiger partial charge in [-0.15, -0.1) is 0 Å². The van der Waals surface area contributed by atoms with E-state index in [1.165, 1.54) is 12.1 Å². The predicted octanol–water partition coefficient (Wildman–Crippen LogP) is 2.94. The molecule has 24 heavy (non-hydrogen) atoms. The second-order valence-electron chi connectivity index (χ2n) is 5.33. The Hall–Kier alpha value is -2.60. The van der Waals surface area contributed by atoms with Crippen molar-refractivity contribution in [3.63, 3.8) is 0 Å². The van der Waals surface area contributed by atoms with Crippen LogP contribution >= 0.6 is 11.6 Å². The number of hydrogen-bond acceptors (Lipinski definition) is 3. The van der Waals surface area contributed by atoms with Crippen molar-refractivity contribution < 1.29 is 23.2 Å². The van der Waals surface area contributed by atoms with Crippen LogP contribution in [0.25, 0.3) is 0 Å². The lowest BCUT2D eigenvalue weighted by Gasteiger charge is -2.23. The SMILES string of the molecule is O=C(Cl)C(Cc1cc(F)cc(F)c1)N1C(=O)c2ccccc2C1=O. The molecule has 0 aliphatic carbocycles. The molecule has 0 N–H and O–H groups in total. The zero-order valence-electron chi connectivity index (χ0n) is 12.1. The van der Waals surface area contributed by atoms with E-state index in [0.29, 0.717) is 6.07 Å². The van der Waals surface area contributed by atoms with Crippen LogP contribution in [0.4, 0.5) is 8.78 Å². The number of carbonyl (C=O) groups is 3. The topological polar surface area (TPSA) is 54.5 Å². The molecule has 2 amide bonds. The first-order valence-corrected chi connectivity index (χ1v) is 7.37. The zero-order chi connectivity index (χ0) is 17.4. The first-order valence-electron chi connectivity index (χ1n) is 6.99. The summed E-state index contributed by atoms with van der Waals surface area (Å²) in [6, 6.07) is 7.49. The molecule has 1 aliphatic heterocycles. The van der Waals surface area contributed by atoms with Gasteiger partial charge in [0.25, 0.3) is 11.8 Å². The highest BCUT2D eigenvalue weighted by atomic mass is 35.5. The number of imide groups is 1. The average molecular weight is 350 g/mol. The zero-order valence-corrected chi connectivity index (χ0v) is 12.9. The minimum absolute atomic E-state index is 0.114. The molecule has 0 bridgehead atoms. The lowest BCUT2D eigenvalue weighted by atomic mass is 10.0. The van der Waals surface area contributed by atoms with E-state index in [2.05, 4.69) is 0 Å². The molecule has 1 unspecified atom stereocenters. The number of amides is 2. The van der Waals surface area contributed by atoms with Crippen LogP contribution in [0.5, 0.6) is 0 Å². The summed E-state index contributed by atoms with van der Waals surface area (Å²) < 4.78 is 26.6. The molecule has 0 spiro atoms. The molecular weight excluding hydrogens is 340 g/mol. The largest absolute Gasteiger partial charge is 0.279 e. The third kappa shape index (κ3) is 2.80. The molecule has 1 aliphatic rings. The molecule has 0 aromatic heterocycles. The molecule has 7 heteroatoms. The molecule has 4 nitrogen and oxygen atoms in total. The molecule has 1 atom stereocenters. The van der Waals surface area contributed by atoms with Gasteiger partial charge >= 0.3 is 0 Å². The van der Waals surface area contributed by atoms with Gasteiger partial charge in [0.1, 0.15) is 17.7 Å². The maximum atomic E-state index is 13.3. The predicted molar refractivity (Wildman–Crippen MR) is 81.7 cm³/mol. The van der Waals surface area contributed by atoms with Crippen LogP contribution in [0.15, 0.2) is 42.5 Å². The van der Waals surface area contributed by atoms with Crippen molar-refractivity contribution in [3.8, 4) is 0 Å². The molecule has 1 heterocycles. The van der Waals surface area contributed by atoms with Gasteiger partial charge in [0, 0.05) is 12.5 Å². The Morgan fingerprint density at radius 1 is 1.00 bits per heavy atom. The summed E-state index contributed by atoms with van der Waals surface area (Å²) in [4.78, 5) is 37.4. The third-order valence-corrected chi connectivity index (χ3v) is 4.00. The Kier molecular flexibility index (Phi) is 4.15. The van der Waals surface area contributed by atoms with E-state index in [0.717, 1.165) is 17.0 Å². The van der Waals surface area contributed by atoms with Gasteiger partial charge < -0.3 is 0 Å². The molecule has 2 aromatic rings. The Balaban J connectivity index is 1.97. The Bertz CT molecular complexity index is 813. The van der Waals surface area contributed by atoms with Crippen molar-refractivity contribution in [1.29, 1.82) is 0 Å². The summed E-state index contributed by atoms with van der Waals surface area (Å²) >= 11 is 5.55. The van der Waals surface area contributed by atoms with E-state index in [1.54, 1.807) is 12.1 Å². The lowest BCUT2D eigenvalue weighted by Crippen LogP contribution is -2.44. The second kappa shape index (κ2) is 6.13. The quantitative estimate of drug-likeness (QED) is 0.630. The number of hydrogen-bond donors (Lipinski definition) is 0. The van der Waals surface area contributed by atoms with Crippen molar-refractivity contribution in [1.82, 2.24) is 4.90 Å². The fourth-order valence-corrected chi connectivity index (χ4v) is 2.89. The highest BCUT2D eigenvalue weighted by Gasteiger charge is 2.42. The minimum Gasteiger partial charge on any atom is -0.279 e. The fraction of sp³-hybridized carbons (Fsp3) is 0.118. The first kappa shape index (κ1) is 16.3. The summed E-state index contributed by atoms with van der Waals surface area (Å²) in [6.45, 7) is 0. The number of nitrogens with zero attached hydrogens (tertiary/aromatic N) is 1. The molecule has 122 valence electrons. The highest BCUT2D eigenvalue weighted by Crippen LogP contribution is 2.27.